The van der Waals surface area contributed by atoms with E-state index >= 15 is 0 Å². The minimum atomic E-state index is -1.07. The van der Waals surface area contributed by atoms with Gasteiger partial charge in [-0.25, -0.2) is 9.18 Å². The normalized spacial score (nSPS) is 20.5. The van der Waals surface area contributed by atoms with E-state index in [1.54, 1.807) is 0 Å². The minimum Gasteiger partial charge on any atom is -0.465 e. The Morgan fingerprint density at radius 1 is 1.34 bits per heavy atom. The highest BCUT2D eigenvalue weighted by molar-refractivity contribution is 5.98. The molecular weight excluding hydrogens is 453 g/mol. The van der Waals surface area contributed by atoms with E-state index in [9.17, 15) is 24.3 Å². The van der Waals surface area contributed by atoms with Crippen molar-refractivity contribution in [2.24, 2.45) is 17.1 Å². The molecule has 2 aromatic rings. The fourth-order valence-corrected chi connectivity index (χ4v) is 5.01. The number of primary amides is 1. The van der Waals surface area contributed by atoms with E-state index < -0.39 is 35.8 Å². The lowest BCUT2D eigenvalue weighted by Crippen LogP contribution is -2.54. The molecule has 0 aliphatic carbocycles. The van der Waals surface area contributed by atoms with E-state index in [0.29, 0.717) is 25.1 Å². The van der Waals surface area contributed by atoms with Crippen LogP contribution in [0.25, 0.3) is 0 Å². The fourth-order valence-electron chi connectivity index (χ4n) is 5.01. The largest absolute Gasteiger partial charge is 0.465 e. The summed E-state index contributed by atoms with van der Waals surface area (Å²) >= 11 is 0. The molecule has 2 heterocycles. The summed E-state index contributed by atoms with van der Waals surface area (Å²) in [4.78, 5) is 27.8. The molecule has 1 unspecified atom stereocenters. The molecule has 188 valence electrons. The molecular formula is C24H32FN7O3. The highest BCUT2D eigenvalue weighted by Gasteiger charge is 2.45. The lowest BCUT2D eigenvalue weighted by Gasteiger charge is -2.45. The van der Waals surface area contributed by atoms with E-state index in [4.69, 9.17) is 5.73 Å². The quantitative estimate of drug-likeness (QED) is 0.521. The third-order valence-electron chi connectivity index (χ3n) is 6.22. The zero-order valence-electron chi connectivity index (χ0n) is 20.4. The highest BCUT2D eigenvalue weighted by Crippen LogP contribution is 2.40. The maximum absolute atomic E-state index is 13.3. The Morgan fingerprint density at radius 3 is 2.54 bits per heavy atom. The lowest BCUT2D eigenvalue weighted by atomic mass is 9.77. The molecule has 3 rings (SSSR count). The van der Waals surface area contributed by atoms with Gasteiger partial charge in [-0.2, -0.15) is 10.4 Å². The monoisotopic (exact) mass is 485 g/mol. The maximum atomic E-state index is 13.3. The SMILES string of the molecule is CN(C)CC(C)(C)CC1[C@H](n2cc(C(N)=O)c(Nc3ccc(F)cc3)n2)[C@@H](C#N)CCN1C(=O)O. The number of nitriles is 1. The van der Waals surface area contributed by atoms with Gasteiger partial charge in [0.1, 0.15) is 11.4 Å². The molecule has 10 nitrogen and oxygen atoms in total. The van der Waals surface area contributed by atoms with Gasteiger partial charge in [-0.15, -0.1) is 0 Å². The number of hydrogen-bond donors (Lipinski definition) is 3. The van der Waals surface area contributed by atoms with Crippen molar-refractivity contribution in [1.29, 1.82) is 5.26 Å². The zero-order valence-corrected chi connectivity index (χ0v) is 20.4. The van der Waals surface area contributed by atoms with Gasteiger partial charge < -0.3 is 26.0 Å². The van der Waals surface area contributed by atoms with Crippen LogP contribution in [0.15, 0.2) is 30.5 Å². The number of nitrogens with zero attached hydrogens (tertiary/aromatic N) is 5. The molecule has 11 heteroatoms. The van der Waals surface area contributed by atoms with Gasteiger partial charge >= 0.3 is 6.09 Å². The topological polar surface area (TPSA) is 141 Å². The van der Waals surface area contributed by atoms with Gasteiger partial charge in [0.15, 0.2) is 5.82 Å². The van der Waals surface area contributed by atoms with Crippen LogP contribution in [0.1, 0.15) is 43.1 Å². The van der Waals surface area contributed by atoms with Crippen molar-refractivity contribution >= 4 is 23.5 Å². The van der Waals surface area contributed by atoms with Crippen LogP contribution in [0.5, 0.6) is 0 Å². The van der Waals surface area contributed by atoms with Crippen LogP contribution < -0.4 is 11.1 Å². The van der Waals surface area contributed by atoms with Crippen molar-refractivity contribution < 1.29 is 19.1 Å². The number of amides is 2. The Hall–Kier alpha value is -3.65. The minimum absolute atomic E-state index is 0.0877. The number of nitrogens with one attached hydrogen (secondary N) is 1. The van der Waals surface area contributed by atoms with Crippen LogP contribution >= 0.6 is 0 Å². The Bertz CT molecular complexity index is 1110. The molecule has 1 saturated heterocycles. The maximum Gasteiger partial charge on any atom is 0.407 e. The third kappa shape index (κ3) is 6.08. The number of carbonyl (C=O) groups is 2. The summed E-state index contributed by atoms with van der Waals surface area (Å²) in [7, 11) is 3.90. The van der Waals surface area contributed by atoms with Crippen molar-refractivity contribution in [3.05, 3.63) is 41.8 Å². The summed E-state index contributed by atoms with van der Waals surface area (Å²) < 4.78 is 14.8. The molecule has 1 aliphatic rings. The average molecular weight is 486 g/mol. The number of aromatic nitrogens is 2. The fraction of sp³-hybridized carbons (Fsp3) is 0.500. The molecule has 0 spiro atoms. The predicted molar refractivity (Wildman–Crippen MR) is 129 cm³/mol. The van der Waals surface area contributed by atoms with E-state index in [1.165, 1.54) is 40.0 Å². The number of rotatable bonds is 8. The van der Waals surface area contributed by atoms with Gasteiger partial charge in [0.25, 0.3) is 5.91 Å². The van der Waals surface area contributed by atoms with Gasteiger partial charge in [-0.05, 0) is 56.6 Å². The smallest absolute Gasteiger partial charge is 0.407 e. The molecule has 1 aromatic heterocycles. The number of nitrogens with two attached hydrogens (primary N) is 1. The van der Waals surface area contributed by atoms with Gasteiger partial charge in [0.2, 0.25) is 0 Å². The van der Waals surface area contributed by atoms with Crippen molar-refractivity contribution in [1.82, 2.24) is 19.6 Å². The standard InChI is InChI=1S/C24H32FN7O3/c1-24(2,14-30(3)4)11-19-20(15(12-26)9-10-31(19)23(34)35)32-13-18(21(27)33)22(29-32)28-17-7-5-16(25)6-8-17/h5-8,13,15,19-20H,9-11,14H2,1-4H3,(H2,27,33)(H,28,29)(H,34,35)/t15-,19?,20-/m1/s1. The summed E-state index contributed by atoms with van der Waals surface area (Å²) in [5.74, 6) is -1.51. The summed E-state index contributed by atoms with van der Waals surface area (Å²) in [5.41, 5.74) is 5.91. The second-order valence-corrected chi connectivity index (χ2v) is 10.0. The molecule has 4 N–H and O–H groups in total. The first-order valence-corrected chi connectivity index (χ1v) is 11.4. The van der Waals surface area contributed by atoms with Crippen LogP contribution in [0.4, 0.5) is 20.7 Å². The third-order valence-corrected chi connectivity index (χ3v) is 6.22. The number of likely N-dealkylation sites (tertiary alicyclic amines) is 1. The molecule has 1 aromatic carbocycles. The van der Waals surface area contributed by atoms with Crippen molar-refractivity contribution in [2.45, 2.75) is 38.8 Å². The molecule has 0 bridgehead atoms. The van der Waals surface area contributed by atoms with Crippen LogP contribution in [-0.4, -0.2) is 69.9 Å². The Balaban J connectivity index is 2.06. The van der Waals surface area contributed by atoms with Gasteiger partial charge in [-0.1, -0.05) is 13.8 Å². The molecule has 1 aliphatic heterocycles. The predicted octanol–water partition coefficient (Wildman–Crippen LogP) is 3.28. The van der Waals surface area contributed by atoms with Gasteiger partial charge in [0, 0.05) is 25.0 Å². The molecule has 0 radical (unpaired) electrons. The number of hydrogen-bond acceptors (Lipinski definition) is 6. The number of halogens is 1. The van der Waals surface area contributed by atoms with Crippen molar-refractivity contribution in [2.75, 3.05) is 32.5 Å². The van der Waals surface area contributed by atoms with Gasteiger partial charge in [0.05, 0.1) is 24.1 Å². The van der Waals surface area contributed by atoms with Crippen LogP contribution in [0, 0.1) is 28.5 Å². The Labute approximate surface area is 204 Å². The lowest BCUT2D eigenvalue weighted by molar-refractivity contribution is 0.0349. The number of anilines is 2. The second-order valence-electron chi connectivity index (χ2n) is 10.0. The van der Waals surface area contributed by atoms with E-state index in [1.807, 2.05) is 19.0 Å². The van der Waals surface area contributed by atoms with E-state index in [0.717, 1.165) is 0 Å². The van der Waals surface area contributed by atoms with Crippen molar-refractivity contribution in [3.63, 3.8) is 0 Å². The summed E-state index contributed by atoms with van der Waals surface area (Å²) in [6.45, 7) is 5.06. The zero-order chi connectivity index (χ0) is 25.9. The summed E-state index contributed by atoms with van der Waals surface area (Å²) in [5, 5.41) is 27.4. The number of piperidine rings is 1. The van der Waals surface area contributed by atoms with Gasteiger partial charge in [-0.3, -0.25) is 9.48 Å². The molecule has 3 atom stereocenters. The number of carboxylic acid groups (broad SMARTS) is 1. The van der Waals surface area contributed by atoms with E-state index in [-0.39, 0.29) is 23.3 Å². The van der Waals surface area contributed by atoms with Crippen molar-refractivity contribution in [3.8, 4) is 6.07 Å². The summed E-state index contributed by atoms with van der Waals surface area (Å²) in [6, 6.07) is 6.65. The number of benzene rings is 1. The second kappa shape index (κ2) is 10.3. The average Bonchev–Trinajstić information content (AvgIpc) is 3.17. The summed E-state index contributed by atoms with van der Waals surface area (Å²) in [6.07, 6.45) is 1.21. The van der Waals surface area contributed by atoms with Crippen LogP contribution in [-0.2, 0) is 0 Å². The molecule has 2 amide bonds. The first-order chi connectivity index (χ1) is 16.4. The molecule has 0 saturated carbocycles. The highest BCUT2D eigenvalue weighted by atomic mass is 19.1. The van der Waals surface area contributed by atoms with Crippen LogP contribution in [0.3, 0.4) is 0 Å². The Morgan fingerprint density at radius 2 is 2.00 bits per heavy atom. The molecule has 35 heavy (non-hydrogen) atoms. The molecule has 1 fully saturated rings. The first-order valence-electron chi connectivity index (χ1n) is 11.4. The van der Waals surface area contributed by atoms with Crippen LogP contribution in [0.2, 0.25) is 0 Å². The Kier molecular flexibility index (Phi) is 7.65. The van der Waals surface area contributed by atoms with E-state index in [2.05, 4.69) is 30.3 Å². The number of carbonyl (C=O) groups excluding carboxylic acids is 1. The first kappa shape index (κ1) is 26.0.